The summed E-state index contributed by atoms with van der Waals surface area (Å²) >= 11 is 3.92. The third-order valence-electron chi connectivity index (χ3n) is 3.82. The van der Waals surface area contributed by atoms with Crippen molar-refractivity contribution in [1.29, 1.82) is 0 Å². The Morgan fingerprint density at radius 1 is 0.909 bits per heavy atom. The van der Waals surface area contributed by atoms with Crippen LogP contribution in [0.2, 0.25) is 0 Å². The van der Waals surface area contributed by atoms with Crippen molar-refractivity contribution in [2.24, 2.45) is 0 Å². The van der Waals surface area contributed by atoms with Crippen molar-refractivity contribution in [2.45, 2.75) is 90.0 Å². The van der Waals surface area contributed by atoms with Gasteiger partial charge in [0.1, 0.15) is 6.04 Å². The number of carboxylic acids is 1. The van der Waals surface area contributed by atoms with E-state index in [1.807, 2.05) is 0 Å². The summed E-state index contributed by atoms with van der Waals surface area (Å²) in [6.07, 6.45) is 14.1. The summed E-state index contributed by atoms with van der Waals surface area (Å²) in [4.78, 5) is 22.3. The Balaban J connectivity index is 3.35. The molecule has 0 aromatic rings. The number of carboxylic acid groups (broad SMARTS) is 1. The number of nitrogens with one attached hydrogen (secondary N) is 1. The van der Waals surface area contributed by atoms with E-state index in [2.05, 4.69) is 24.9 Å². The number of carbonyl (C=O) groups excluding carboxylic acids is 1. The first kappa shape index (κ1) is 21.3. The molecule has 0 aromatic heterocycles. The van der Waals surface area contributed by atoms with Gasteiger partial charge in [-0.3, -0.25) is 4.79 Å². The Kier molecular flexibility index (Phi) is 14.7. The maximum atomic E-state index is 11.6. The second-order valence-corrected chi connectivity index (χ2v) is 6.29. The van der Waals surface area contributed by atoms with Gasteiger partial charge in [-0.15, -0.1) is 0 Å². The molecular weight excluding hydrogens is 298 g/mol. The summed E-state index contributed by atoms with van der Waals surface area (Å²) in [6.45, 7) is 2.24. The smallest absolute Gasteiger partial charge is 0.327 e. The van der Waals surface area contributed by atoms with E-state index in [-0.39, 0.29) is 11.7 Å². The van der Waals surface area contributed by atoms with Gasteiger partial charge in [0, 0.05) is 12.2 Å². The monoisotopic (exact) mass is 331 g/mol. The molecule has 0 aliphatic rings. The molecule has 2 N–H and O–H groups in total. The fourth-order valence-corrected chi connectivity index (χ4v) is 2.65. The van der Waals surface area contributed by atoms with Gasteiger partial charge in [-0.05, 0) is 6.42 Å². The number of unbranched alkanes of at least 4 members (excludes halogenated alkanes) is 10. The number of thiol groups is 1. The number of aliphatic carboxylic acids is 1. The van der Waals surface area contributed by atoms with Gasteiger partial charge in [0.05, 0.1) is 0 Å². The molecule has 0 bridgehead atoms. The van der Waals surface area contributed by atoms with Gasteiger partial charge in [-0.1, -0.05) is 71.1 Å². The topological polar surface area (TPSA) is 66.4 Å². The minimum Gasteiger partial charge on any atom is -0.480 e. The maximum Gasteiger partial charge on any atom is 0.327 e. The zero-order chi connectivity index (χ0) is 16.6. The summed E-state index contributed by atoms with van der Waals surface area (Å²) in [5.41, 5.74) is 0. The number of rotatable bonds is 15. The quantitative estimate of drug-likeness (QED) is 0.311. The molecule has 1 atom stereocenters. The Hall–Kier alpha value is -0.710. The van der Waals surface area contributed by atoms with Crippen molar-refractivity contribution in [3.05, 3.63) is 0 Å². The van der Waals surface area contributed by atoms with E-state index in [1.54, 1.807) is 0 Å². The molecule has 0 unspecified atom stereocenters. The van der Waals surface area contributed by atoms with E-state index < -0.39 is 12.0 Å². The van der Waals surface area contributed by atoms with E-state index in [0.717, 1.165) is 19.3 Å². The van der Waals surface area contributed by atoms with E-state index in [9.17, 15) is 9.59 Å². The third-order valence-corrected chi connectivity index (χ3v) is 4.19. The lowest BCUT2D eigenvalue weighted by Crippen LogP contribution is -2.42. The molecule has 22 heavy (non-hydrogen) atoms. The van der Waals surface area contributed by atoms with Gasteiger partial charge in [-0.2, -0.15) is 12.6 Å². The fourth-order valence-electron chi connectivity index (χ4n) is 2.40. The zero-order valence-electron chi connectivity index (χ0n) is 14.0. The average Bonchev–Trinajstić information content (AvgIpc) is 2.50. The fraction of sp³-hybridized carbons (Fsp3) is 0.882. The van der Waals surface area contributed by atoms with Crippen molar-refractivity contribution in [3.8, 4) is 0 Å². The van der Waals surface area contributed by atoms with Crippen LogP contribution in [0.1, 0.15) is 84.0 Å². The summed E-state index contributed by atoms with van der Waals surface area (Å²) in [6, 6.07) is -0.872. The van der Waals surface area contributed by atoms with Crippen LogP contribution in [0.4, 0.5) is 0 Å². The van der Waals surface area contributed by atoms with Crippen LogP contribution in [-0.4, -0.2) is 28.8 Å². The molecule has 0 radical (unpaired) electrons. The first-order valence-corrected chi connectivity index (χ1v) is 9.38. The molecule has 4 nitrogen and oxygen atoms in total. The van der Waals surface area contributed by atoms with Crippen LogP contribution in [0.25, 0.3) is 0 Å². The molecular formula is C17H33NO3S. The van der Waals surface area contributed by atoms with E-state index >= 15 is 0 Å². The molecule has 0 rings (SSSR count). The van der Waals surface area contributed by atoms with Gasteiger partial charge in [0.25, 0.3) is 0 Å². The van der Waals surface area contributed by atoms with Crippen LogP contribution in [-0.2, 0) is 9.59 Å². The largest absolute Gasteiger partial charge is 0.480 e. The molecule has 0 aliphatic carbocycles. The van der Waals surface area contributed by atoms with E-state index in [1.165, 1.54) is 51.4 Å². The normalized spacial score (nSPS) is 12.1. The Morgan fingerprint density at radius 2 is 1.36 bits per heavy atom. The highest BCUT2D eigenvalue weighted by Crippen LogP contribution is 2.11. The van der Waals surface area contributed by atoms with Gasteiger partial charge < -0.3 is 10.4 Å². The van der Waals surface area contributed by atoms with Gasteiger partial charge in [-0.25, -0.2) is 4.79 Å². The lowest BCUT2D eigenvalue weighted by molar-refractivity contribution is -0.141. The highest BCUT2D eigenvalue weighted by Gasteiger charge is 2.17. The molecule has 0 aliphatic heterocycles. The zero-order valence-corrected chi connectivity index (χ0v) is 14.9. The first-order chi connectivity index (χ1) is 10.6. The summed E-state index contributed by atoms with van der Waals surface area (Å²) in [5, 5.41) is 11.3. The minimum atomic E-state index is -1.03. The molecule has 0 aromatic carbocycles. The molecule has 0 saturated heterocycles. The van der Waals surface area contributed by atoms with Crippen LogP contribution >= 0.6 is 12.6 Å². The first-order valence-electron chi connectivity index (χ1n) is 8.74. The Bertz CT molecular complexity index is 298. The molecule has 0 fully saturated rings. The van der Waals surface area contributed by atoms with Crippen molar-refractivity contribution >= 4 is 24.5 Å². The van der Waals surface area contributed by atoms with Crippen molar-refractivity contribution in [3.63, 3.8) is 0 Å². The van der Waals surface area contributed by atoms with Crippen LogP contribution in [0, 0.1) is 0 Å². The number of hydrogen-bond donors (Lipinski definition) is 3. The van der Waals surface area contributed by atoms with Crippen molar-refractivity contribution in [2.75, 3.05) is 5.75 Å². The van der Waals surface area contributed by atoms with Crippen molar-refractivity contribution in [1.82, 2.24) is 5.32 Å². The van der Waals surface area contributed by atoms with Gasteiger partial charge >= 0.3 is 5.97 Å². The SMILES string of the molecule is CCCCCCCCCCCCCC(=O)N[C@H](CS)C(=O)O. The van der Waals surface area contributed by atoms with Gasteiger partial charge in [0.15, 0.2) is 0 Å². The lowest BCUT2D eigenvalue weighted by atomic mass is 10.1. The van der Waals surface area contributed by atoms with Crippen LogP contribution in [0.15, 0.2) is 0 Å². The lowest BCUT2D eigenvalue weighted by Gasteiger charge is -2.11. The Morgan fingerprint density at radius 3 is 1.77 bits per heavy atom. The highest BCUT2D eigenvalue weighted by molar-refractivity contribution is 7.80. The molecule has 1 amide bonds. The summed E-state index contributed by atoms with van der Waals surface area (Å²) < 4.78 is 0. The van der Waals surface area contributed by atoms with Crippen molar-refractivity contribution < 1.29 is 14.7 Å². The molecule has 5 heteroatoms. The number of carbonyl (C=O) groups is 2. The number of hydrogen-bond acceptors (Lipinski definition) is 3. The average molecular weight is 332 g/mol. The van der Waals surface area contributed by atoms with Gasteiger partial charge in [0.2, 0.25) is 5.91 Å². The summed E-state index contributed by atoms with van der Waals surface area (Å²) in [5.74, 6) is -1.08. The highest BCUT2D eigenvalue weighted by atomic mass is 32.1. The molecule has 0 spiro atoms. The number of amides is 1. The predicted molar refractivity (Wildman–Crippen MR) is 94.5 cm³/mol. The second-order valence-electron chi connectivity index (χ2n) is 5.93. The second kappa shape index (κ2) is 15.2. The van der Waals surface area contributed by atoms with Crippen LogP contribution in [0.3, 0.4) is 0 Å². The molecule has 0 saturated carbocycles. The van der Waals surface area contributed by atoms with E-state index in [0.29, 0.717) is 6.42 Å². The minimum absolute atomic E-state index is 0.124. The third kappa shape index (κ3) is 13.0. The van der Waals surface area contributed by atoms with E-state index in [4.69, 9.17) is 5.11 Å². The summed E-state index contributed by atoms with van der Waals surface area (Å²) in [7, 11) is 0. The van der Waals surface area contributed by atoms with Crippen LogP contribution in [0.5, 0.6) is 0 Å². The maximum absolute atomic E-state index is 11.6. The molecule has 130 valence electrons. The van der Waals surface area contributed by atoms with Crippen LogP contribution < -0.4 is 5.32 Å². The standard InChI is InChI=1S/C17H33NO3S/c1-2-3-4-5-6-7-8-9-10-11-12-13-16(19)18-15(14-22)17(20)21/h15,22H,2-14H2,1H3,(H,18,19)(H,20,21)/t15-/m1/s1. The predicted octanol–water partition coefficient (Wildman–Crippen LogP) is 4.19. The Labute approximate surface area is 140 Å². The molecule has 0 heterocycles.